The summed E-state index contributed by atoms with van der Waals surface area (Å²) in [5, 5.41) is 8.04. The second-order valence-electron chi connectivity index (χ2n) is 4.89. The first kappa shape index (κ1) is 11.5. The molecule has 2 aliphatic rings. The molecule has 1 aromatic heterocycles. The Morgan fingerprint density at radius 3 is 3.00 bits per heavy atom. The molecular weight excluding hydrogens is 234 g/mol. The maximum Gasteiger partial charge on any atom is 0.231 e. The molecule has 4 nitrogen and oxygen atoms in total. The predicted molar refractivity (Wildman–Crippen MR) is 68.2 cm³/mol. The molecule has 0 saturated carbocycles. The number of aromatic nitrogens is 2. The molecule has 2 unspecified atom stereocenters. The van der Waals surface area contributed by atoms with E-state index in [1.165, 1.54) is 37.9 Å². The number of thioether (sulfide) groups is 1. The lowest BCUT2D eigenvalue weighted by molar-refractivity contribution is 0.319. The average Bonchev–Trinajstić information content (AvgIpc) is 2.90. The Labute approximate surface area is 106 Å². The molecule has 17 heavy (non-hydrogen) atoms. The van der Waals surface area contributed by atoms with Gasteiger partial charge in [-0.3, -0.25) is 0 Å². The van der Waals surface area contributed by atoms with Gasteiger partial charge in [-0.2, -0.15) is 16.7 Å². The van der Waals surface area contributed by atoms with Gasteiger partial charge in [0.1, 0.15) is 0 Å². The zero-order chi connectivity index (χ0) is 11.5. The first-order valence-electron chi connectivity index (χ1n) is 6.59. The summed E-state index contributed by atoms with van der Waals surface area (Å²) in [5.41, 5.74) is 0. The van der Waals surface area contributed by atoms with E-state index in [0.29, 0.717) is 11.2 Å². The number of rotatable bonds is 2. The van der Waals surface area contributed by atoms with Gasteiger partial charge in [0, 0.05) is 6.54 Å². The third-order valence-electron chi connectivity index (χ3n) is 3.57. The molecule has 0 amide bonds. The highest BCUT2D eigenvalue weighted by Crippen LogP contribution is 2.37. The van der Waals surface area contributed by atoms with Crippen molar-refractivity contribution in [3.05, 3.63) is 11.7 Å². The molecule has 2 fully saturated rings. The van der Waals surface area contributed by atoms with Crippen molar-refractivity contribution in [3.8, 4) is 0 Å². The van der Waals surface area contributed by atoms with Crippen molar-refractivity contribution in [1.82, 2.24) is 15.5 Å². The molecule has 1 N–H and O–H groups in total. The first-order chi connectivity index (χ1) is 8.43. The zero-order valence-corrected chi connectivity index (χ0v) is 10.8. The number of hydrogen-bond donors (Lipinski definition) is 1. The standard InChI is InChI=1S/C12H19N3OS/c1-2-7-17-10(5-1)11-14-12(16-15-11)9-4-3-6-13-8-9/h9-10,13H,1-8H2. The number of hydrogen-bond acceptors (Lipinski definition) is 5. The van der Waals surface area contributed by atoms with Gasteiger partial charge in [-0.25, -0.2) is 0 Å². The summed E-state index contributed by atoms with van der Waals surface area (Å²) in [5.74, 6) is 3.44. The van der Waals surface area contributed by atoms with Gasteiger partial charge in [-0.1, -0.05) is 11.6 Å². The molecule has 2 saturated heterocycles. The van der Waals surface area contributed by atoms with Crippen LogP contribution in [0.3, 0.4) is 0 Å². The molecule has 0 aromatic carbocycles. The summed E-state index contributed by atoms with van der Waals surface area (Å²) in [7, 11) is 0. The van der Waals surface area contributed by atoms with Crippen LogP contribution < -0.4 is 5.32 Å². The van der Waals surface area contributed by atoms with E-state index in [2.05, 4.69) is 15.5 Å². The van der Waals surface area contributed by atoms with Crippen LogP contribution in [0.25, 0.3) is 0 Å². The van der Waals surface area contributed by atoms with Gasteiger partial charge in [0.15, 0.2) is 5.82 Å². The normalized spacial score (nSPS) is 30.4. The highest BCUT2D eigenvalue weighted by molar-refractivity contribution is 7.99. The van der Waals surface area contributed by atoms with Gasteiger partial charge < -0.3 is 9.84 Å². The monoisotopic (exact) mass is 253 g/mol. The van der Waals surface area contributed by atoms with E-state index >= 15 is 0 Å². The molecule has 2 aliphatic heterocycles. The lowest BCUT2D eigenvalue weighted by Crippen LogP contribution is -2.28. The Kier molecular flexibility index (Phi) is 3.66. The van der Waals surface area contributed by atoms with Crippen LogP contribution in [0, 0.1) is 0 Å². The van der Waals surface area contributed by atoms with Gasteiger partial charge in [-0.05, 0) is 38.0 Å². The highest BCUT2D eigenvalue weighted by Gasteiger charge is 2.25. The molecule has 1 aromatic rings. The number of nitrogens with zero attached hydrogens (tertiary/aromatic N) is 2. The third kappa shape index (κ3) is 2.65. The van der Waals surface area contributed by atoms with Gasteiger partial charge in [0.05, 0.1) is 11.2 Å². The zero-order valence-electron chi connectivity index (χ0n) is 10.0. The Morgan fingerprint density at radius 2 is 2.24 bits per heavy atom. The molecule has 94 valence electrons. The van der Waals surface area contributed by atoms with Gasteiger partial charge >= 0.3 is 0 Å². The molecule has 5 heteroatoms. The van der Waals surface area contributed by atoms with Crippen LogP contribution >= 0.6 is 11.8 Å². The number of piperidine rings is 1. The van der Waals surface area contributed by atoms with E-state index in [9.17, 15) is 0 Å². The van der Waals surface area contributed by atoms with E-state index in [0.717, 1.165) is 24.8 Å². The molecule has 2 atom stereocenters. The fourth-order valence-electron chi connectivity index (χ4n) is 2.55. The van der Waals surface area contributed by atoms with E-state index < -0.39 is 0 Å². The number of nitrogens with one attached hydrogen (secondary N) is 1. The van der Waals surface area contributed by atoms with E-state index in [-0.39, 0.29) is 0 Å². The Morgan fingerprint density at radius 1 is 1.24 bits per heavy atom. The van der Waals surface area contributed by atoms with Crippen molar-refractivity contribution in [2.24, 2.45) is 0 Å². The summed E-state index contributed by atoms with van der Waals surface area (Å²) in [4.78, 5) is 4.62. The fourth-order valence-corrected chi connectivity index (χ4v) is 3.78. The fraction of sp³-hybridized carbons (Fsp3) is 0.833. The lowest BCUT2D eigenvalue weighted by atomic mass is 10.00. The third-order valence-corrected chi connectivity index (χ3v) is 4.94. The molecule has 0 spiro atoms. The molecule has 0 bridgehead atoms. The minimum atomic E-state index is 0.429. The second-order valence-corrected chi connectivity index (χ2v) is 6.20. The lowest BCUT2D eigenvalue weighted by Gasteiger charge is -2.19. The van der Waals surface area contributed by atoms with E-state index in [1.807, 2.05) is 11.8 Å². The van der Waals surface area contributed by atoms with Crippen LogP contribution in [-0.4, -0.2) is 29.0 Å². The van der Waals surface area contributed by atoms with Crippen LogP contribution in [-0.2, 0) is 0 Å². The largest absolute Gasteiger partial charge is 0.339 e. The van der Waals surface area contributed by atoms with E-state index in [4.69, 9.17) is 4.52 Å². The Balaban J connectivity index is 1.68. The van der Waals surface area contributed by atoms with Crippen LogP contribution in [0.15, 0.2) is 4.52 Å². The van der Waals surface area contributed by atoms with Crippen molar-refractivity contribution in [3.63, 3.8) is 0 Å². The van der Waals surface area contributed by atoms with E-state index in [1.54, 1.807) is 0 Å². The Bertz CT molecular complexity index is 324. The quantitative estimate of drug-likeness (QED) is 0.877. The van der Waals surface area contributed by atoms with Crippen LogP contribution in [0.4, 0.5) is 0 Å². The first-order valence-corrected chi connectivity index (χ1v) is 7.64. The van der Waals surface area contributed by atoms with Gasteiger partial charge in [0.2, 0.25) is 5.89 Å². The van der Waals surface area contributed by atoms with Crippen molar-refractivity contribution >= 4 is 11.8 Å². The maximum atomic E-state index is 5.44. The van der Waals surface area contributed by atoms with Gasteiger partial charge in [0.25, 0.3) is 0 Å². The summed E-state index contributed by atoms with van der Waals surface area (Å²) >= 11 is 1.98. The molecule has 3 rings (SSSR count). The van der Waals surface area contributed by atoms with Crippen molar-refractivity contribution in [2.75, 3.05) is 18.8 Å². The van der Waals surface area contributed by atoms with Crippen molar-refractivity contribution in [1.29, 1.82) is 0 Å². The molecule has 3 heterocycles. The smallest absolute Gasteiger partial charge is 0.231 e. The Hall–Kier alpha value is -0.550. The average molecular weight is 253 g/mol. The summed E-state index contributed by atoms with van der Waals surface area (Å²) in [6, 6.07) is 0. The second kappa shape index (κ2) is 5.40. The topological polar surface area (TPSA) is 51.0 Å². The molecule has 0 radical (unpaired) electrons. The van der Waals surface area contributed by atoms with Crippen LogP contribution in [0.2, 0.25) is 0 Å². The molecule has 0 aliphatic carbocycles. The summed E-state index contributed by atoms with van der Waals surface area (Å²) in [6.45, 7) is 2.11. The minimum Gasteiger partial charge on any atom is -0.339 e. The highest BCUT2D eigenvalue weighted by atomic mass is 32.2. The minimum absolute atomic E-state index is 0.429. The van der Waals surface area contributed by atoms with Crippen molar-refractivity contribution < 1.29 is 4.52 Å². The van der Waals surface area contributed by atoms with Crippen LogP contribution in [0.5, 0.6) is 0 Å². The molecular formula is C12H19N3OS. The van der Waals surface area contributed by atoms with Crippen molar-refractivity contribution in [2.45, 2.75) is 43.3 Å². The summed E-state index contributed by atoms with van der Waals surface area (Å²) in [6.07, 6.45) is 6.21. The predicted octanol–water partition coefficient (Wildman–Crippen LogP) is 2.49. The maximum absolute atomic E-state index is 5.44. The van der Waals surface area contributed by atoms with Gasteiger partial charge in [-0.15, -0.1) is 0 Å². The SMILES string of the molecule is C1CCC(c2noc(C3CCCNC3)n2)SC1. The summed E-state index contributed by atoms with van der Waals surface area (Å²) < 4.78 is 5.44. The van der Waals surface area contributed by atoms with Crippen LogP contribution in [0.1, 0.15) is 55.0 Å².